The smallest absolute Gasteiger partial charge is 0.144 e. The van der Waals surface area contributed by atoms with Crippen LogP contribution in [-0.4, -0.2) is 21.5 Å². The fourth-order valence-corrected chi connectivity index (χ4v) is 1.55. The van der Waals surface area contributed by atoms with E-state index in [1.807, 2.05) is 0 Å². The summed E-state index contributed by atoms with van der Waals surface area (Å²) in [5.41, 5.74) is 6.00. The molecule has 94 valence electrons. The van der Waals surface area contributed by atoms with E-state index in [9.17, 15) is 0 Å². The number of nitrogens with zero attached hydrogens (tertiary/aromatic N) is 2. The summed E-state index contributed by atoms with van der Waals surface area (Å²) < 4.78 is 0. The Morgan fingerprint density at radius 2 is 2.12 bits per heavy atom. The first kappa shape index (κ1) is 13.8. The van der Waals surface area contributed by atoms with Crippen molar-refractivity contribution in [2.24, 2.45) is 11.7 Å². The normalized spacial score (nSPS) is 10.5. The van der Waals surface area contributed by atoms with E-state index >= 15 is 0 Å². The van der Waals surface area contributed by atoms with Crippen molar-refractivity contribution in [2.75, 3.05) is 11.9 Å². The summed E-state index contributed by atoms with van der Waals surface area (Å²) in [6.45, 7) is 5.41. The third-order valence-electron chi connectivity index (χ3n) is 2.42. The Labute approximate surface area is 108 Å². The number of rotatable bonds is 7. The highest BCUT2D eigenvalue weighted by molar-refractivity contribution is 7.80. The zero-order chi connectivity index (χ0) is 12.7. The third-order valence-corrected chi connectivity index (χ3v) is 2.63. The lowest BCUT2D eigenvalue weighted by Crippen LogP contribution is -2.12. The Kier molecular flexibility index (Phi) is 5.83. The molecule has 0 saturated heterocycles. The van der Waals surface area contributed by atoms with Crippen LogP contribution in [0.4, 0.5) is 5.82 Å². The molecule has 0 aliphatic rings. The van der Waals surface area contributed by atoms with Crippen molar-refractivity contribution in [3.8, 4) is 0 Å². The van der Waals surface area contributed by atoms with Gasteiger partial charge in [0.1, 0.15) is 16.5 Å². The van der Waals surface area contributed by atoms with E-state index in [1.165, 1.54) is 12.8 Å². The number of anilines is 1. The molecule has 1 heterocycles. The Bertz CT molecular complexity index is 348. The standard InChI is InChI=1S/C12H20N4S/c1-9(2)5-3-4-6-14-11-8-15-10(7-16-11)12(13)17/h7-9H,3-6H2,1-2H3,(H2,13,17)(H,14,16). The molecule has 17 heavy (non-hydrogen) atoms. The van der Waals surface area contributed by atoms with Crippen molar-refractivity contribution in [3.05, 3.63) is 18.1 Å². The zero-order valence-corrected chi connectivity index (χ0v) is 11.3. The van der Waals surface area contributed by atoms with Crippen LogP contribution >= 0.6 is 12.2 Å². The van der Waals surface area contributed by atoms with Gasteiger partial charge in [-0.2, -0.15) is 0 Å². The molecular formula is C12H20N4S. The Hall–Kier alpha value is -1.23. The summed E-state index contributed by atoms with van der Waals surface area (Å²) in [6.07, 6.45) is 6.92. The monoisotopic (exact) mass is 252 g/mol. The molecule has 3 N–H and O–H groups in total. The van der Waals surface area contributed by atoms with Crippen molar-refractivity contribution < 1.29 is 0 Å². The number of hydrogen-bond donors (Lipinski definition) is 2. The zero-order valence-electron chi connectivity index (χ0n) is 10.4. The van der Waals surface area contributed by atoms with Crippen LogP contribution in [0, 0.1) is 5.92 Å². The topological polar surface area (TPSA) is 63.8 Å². The number of unbranched alkanes of at least 4 members (excludes halogenated alkanes) is 1. The molecule has 0 atom stereocenters. The highest BCUT2D eigenvalue weighted by Crippen LogP contribution is 2.07. The average molecular weight is 252 g/mol. The van der Waals surface area contributed by atoms with Crippen LogP contribution in [-0.2, 0) is 0 Å². The molecule has 1 aromatic heterocycles. The fourth-order valence-electron chi connectivity index (χ4n) is 1.44. The summed E-state index contributed by atoms with van der Waals surface area (Å²) in [7, 11) is 0. The number of aromatic nitrogens is 2. The molecule has 0 radical (unpaired) electrons. The molecule has 1 rings (SSSR count). The van der Waals surface area contributed by atoms with Crippen molar-refractivity contribution in [1.29, 1.82) is 0 Å². The summed E-state index contributed by atoms with van der Waals surface area (Å²) >= 11 is 4.81. The lowest BCUT2D eigenvalue weighted by Gasteiger charge is -2.06. The lowest BCUT2D eigenvalue weighted by molar-refractivity contribution is 0.544. The van der Waals surface area contributed by atoms with Crippen molar-refractivity contribution in [2.45, 2.75) is 33.1 Å². The third kappa shape index (κ3) is 5.58. The lowest BCUT2D eigenvalue weighted by atomic mass is 10.1. The van der Waals surface area contributed by atoms with E-state index < -0.39 is 0 Å². The predicted octanol–water partition coefficient (Wildman–Crippen LogP) is 2.35. The van der Waals surface area contributed by atoms with Crippen LogP contribution < -0.4 is 11.1 Å². The largest absolute Gasteiger partial charge is 0.388 e. The van der Waals surface area contributed by atoms with Gasteiger partial charge in [-0.3, -0.25) is 0 Å². The molecule has 0 bridgehead atoms. The second-order valence-corrected chi connectivity index (χ2v) is 4.91. The minimum absolute atomic E-state index is 0.279. The van der Waals surface area contributed by atoms with Gasteiger partial charge < -0.3 is 11.1 Å². The second kappa shape index (κ2) is 7.17. The molecule has 0 aliphatic carbocycles. The molecule has 1 aromatic rings. The van der Waals surface area contributed by atoms with E-state index in [2.05, 4.69) is 29.1 Å². The van der Waals surface area contributed by atoms with Gasteiger partial charge in [0.05, 0.1) is 12.4 Å². The van der Waals surface area contributed by atoms with Crippen LogP contribution in [0.3, 0.4) is 0 Å². The number of thiocarbonyl (C=S) groups is 1. The molecule has 0 aliphatic heterocycles. The average Bonchev–Trinajstić information content (AvgIpc) is 2.29. The Morgan fingerprint density at radius 3 is 2.65 bits per heavy atom. The molecule has 4 nitrogen and oxygen atoms in total. The number of nitrogens with one attached hydrogen (secondary N) is 1. The first-order valence-electron chi connectivity index (χ1n) is 5.95. The Morgan fingerprint density at radius 1 is 1.35 bits per heavy atom. The molecule has 0 fully saturated rings. The van der Waals surface area contributed by atoms with Crippen molar-refractivity contribution in [3.63, 3.8) is 0 Å². The minimum Gasteiger partial charge on any atom is -0.388 e. The van der Waals surface area contributed by atoms with Gasteiger partial charge in [0.25, 0.3) is 0 Å². The maximum Gasteiger partial charge on any atom is 0.144 e. The SMILES string of the molecule is CC(C)CCCCNc1cnc(C(N)=S)cn1. The molecule has 0 spiro atoms. The highest BCUT2D eigenvalue weighted by Gasteiger charge is 1.99. The van der Waals surface area contributed by atoms with Crippen LogP contribution in [0.5, 0.6) is 0 Å². The Balaban J connectivity index is 2.25. The van der Waals surface area contributed by atoms with Crippen LogP contribution in [0.15, 0.2) is 12.4 Å². The second-order valence-electron chi connectivity index (χ2n) is 4.47. The van der Waals surface area contributed by atoms with Gasteiger partial charge >= 0.3 is 0 Å². The molecular weight excluding hydrogens is 232 g/mol. The maximum absolute atomic E-state index is 5.44. The molecule has 0 amide bonds. The van der Waals surface area contributed by atoms with E-state index in [4.69, 9.17) is 18.0 Å². The minimum atomic E-state index is 0.279. The predicted molar refractivity (Wildman–Crippen MR) is 75.1 cm³/mol. The van der Waals surface area contributed by atoms with Gasteiger partial charge in [-0.1, -0.05) is 38.9 Å². The van der Waals surface area contributed by atoms with Gasteiger partial charge in [0, 0.05) is 6.54 Å². The first-order valence-corrected chi connectivity index (χ1v) is 6.36. The van der Waals surface area contributed by atoms with E-state index in [1.54, 1.807) is 12.4 Å². The summed E-state index contributed by atoms with van der Waals surface area (Å²) in [5, 5.41) is 3.23. The molecule has 5 heteroatoms. The van der Waals surface area contributed by atoms with Crippen LogP contribution in [0.1, 0.15) is 38.8 Å². The van der Waals surface area contributed by atoms with Crippen LogP contribution in [0.25, 0.3) is 0 Å². The molecule has 0 unspecified atom stereocenters. The number of hydrogen-bond acceptors (Lipinski definition) is 4. The van der Waals surface area contributed by atoms with E-state index in [0.717, 1.165) is 24.7 Å². The van der Waals surface area contributed by atoms with Gasteiger partial charge in [0.2, 0.25) is 0 Å². The van der Waals surface area contributed by atoms with Gasteiger partial charge in [-0.25, -0.2) is 9.97 Å². The molecule has 0 aromatic carbocycles. The number of nitrogens with two attached hydrogens (primary N) is 1. The van der Waals surface area contributed by atoms with E-state index in [-0.39, 0.29) is 4.99 Å². The van der Waals surface area contributed by atoms with Gasteiger partial charge in [0.15, 0.2) is 0 Å². The quantitative estimate of drug-likeness (QED) is 0.576. The summed E-state index contributed by atoms with van der Waals surface area (Å²) in [6, 6.07) is 0. The highest BCUT2D eigenvalue weighted by atomic mass is 32.1. The van der Waals surface area contributed by atoms with Crippen molar-refractivity contribution >= 4 is 23.0 Å². The molecule has 0 saturated carbocycles. The van der Waals surface area contributed by atoms with E-state index in [0.29, 0.717) is 5.69 Å². The van der Waals surface area contributed by atoms with Crippen molar-refractivity contribution in [1.82, 2.24) is 9.97 Å². The first-order chi connectivity index (χ1) is 8.09. The maximum atomic E-state index is 5.44. The summed E-state index contributed by atoms with van der Waals surface area (Å²) in [4.78, 5) is 8.58. The fraction of sp³-hybridized carbons (Fsp3) is 0.583. The van der Waals surface area contributed by atoms with Crippen LogP contribution in [0.2, 0.25) is 0 Å². The summed E-state index contributed by atoms with van der Waals surface area (Å²) in [5.74, 6) is 1.55. The van der Waals surface area contributed by atoms with Gasteiger partial charge in [-0.15, -0.1) is 0 Å². The van der Waals surface area contributed by atoms with Gasteiger partial charge in [-0.05, 0) is 12.3 Å².